The van der Waals surface area contributed by atoms with Crippen molar-refractivity contribution < 1.29 is 0 Å². The van der Waals surface area contributed by atoms with Crippen molar-refractivity contribution in [2.75, 3.05) is 0 Å². The van der Waals surface area contributed by atoms with Crippen molar-refractivity contribution in [3.05, 3.63) is 224 Å². The van der Waals surface area contributed by atoms with Crippen molar-refractivity contribution in [1.82, 2.24) is 23.3 Å². The Kier molecular flexibility index (Phi) is 7.65. The van der Waals surface area contributed by atoms with Crippen molar-refractivity contribution in [3.63, 3.8) is 0 Å². The van der Waals surface area contributed by atoms with E-state index in [9.17, 15) is 5.26 Å². The van der Waals surface area contributed by atoms with Gasteiger partial charge in [-0.3, -0.25) is 4.57 Å². The lowest BCUT2D eigenvalue weighted by molar-refractivity contribution is 1.05. The van der Waals surface area contributed by atoms with E-state index in [1.165, 1.54) is 21.5 Å². The molecule has 0 aliphatic rings. The molecule has 306 valence electrons. The van der Waals surface area contributed by atoms with Gasteiger partial charge in [0.2, 0.25) is 0 Å². The van der Waals surface area contributed by atoms with Gasteiger partial charge in [0.25, 0.3) is 0 Å². The molecule has 66 heavy (non-hydrogen) atoms. The molecule has 0 atom stereocenters. The monoisotopic (exact) mass is 840 g/mol. The minimum atomic E-state index is 0.594. The van der Waals surface area contributed by atoms with Gasteiger partial charge in [-0.05, 0) is 72.3 Å². The zero-order valence-electron chi connectivity index (χ0n) is 35.5. The number of rotatable bonds is 5. The van der Waals surface area contributed by atoms with E-state index < -0.39 is 0 Å². The maximum Gasteiger partial charge on any atom is 0.138 e. The number of hydrogen-bond donors (Lipinski definition) is 0. The van der Waals surface area contributed by atoms with Crippen LogP contribution in [0.25, 0.3) is 121 Å². The van der Waals surface area contributed by atoms with Gasteiger partial charge >= 0.3 is 0 Å². The molecule has 14 aromatic rings. The molecular weight excluding hydrogens is 805 g/mol. The lowest BCUT2D eigenvalue weighted by Gasteiger charge is -2.18. The molecule has 0 spiro atoms. The highest BCUT2D eigenvalue weighted by Crippen LogP contribution is 2.45. The first kappa shape index (κ1) is 36.3. The van der Waals surface area contributed by atoms with E-state index in [0.29, 0.717) is 5.56 Å². The van der Waals surface area contributed by atoms with Crippen LogP contribution in [0.1, 0.15) is 5.56 Å². The first-order valence-corrected chi connectivity index (χ1v) is 22.3. The van der Waals surface area contributed by atoms with Crippen LogP contribution in [0.15, 0.2) is 219 Å². The average Bonchev–Trinajstić information content (AvgIpc) is 4.12. The second-order valence-electron chi connectivity index (χ2n) is 17.0. The third-order valence-corrected chi connectivity index (χ3v) is 13.6. The van der Waals surface area contributed by atoms with Crippen molar-refractivity contribution in [1.29, 1.82) is 5.26 Å². The molecule has 5 heterocycles. The average molecular weight is 841 g/mol. The third-order valence-electron chi connectivity index (χ3n) is 13.6. The van der Waals surface area contributed by atoms with Crippen LogP contribution in [0.4, 0.5) is 0 Å². The zero-order chi connectivity index (χ0) is 43.5. The van der Waals surface area contributed by atoms with Crippen LogP contribution in [-0.4, -0.2) is 23.3 Å². The van der Waals surface area contributed by atoms with Crippen molar-refractivity contribution in [2.24, 2.45) is 0 Å². The summed E-state index contributed by atoms with van der Waals surface area (Å²) in [7, 11) is 0. The molecule has 0 radical (unpaired) electrons. The Bertz CT molecular complexity index is 4350. The number of hydrogen-bond acceptors (Lipinski definition) is 2. The standard InChI is InChI=1S/C60H36N6/c61-36-38-16-15-17-39(34-38)50-35-56(66-54-29-14-10-25-45(54)49-33-31-47-43-23-8-12-27-52(43)64(58(47)60(49)66)41-20-5-2-6-21-41)62-37-55(50)65-53-28-13-9-24-44(53)48-32-30-46-42-22-7-11-26-51(42)63(57(46)59(48)65)40-18-3-1-4-19-40/h1-35,37H. The number of nitriles is 1. The predicted molar refractivity (Wildman–Crippen MR) is 272 cm³/mol. The van der Waals surface area contributed by atoms with Crippen LogP contribution >= 0.6 is 0 Å². The fourth-order valence-electron chi connectivity index (χ4n) is 10.9. The van der Waals surface area contributed by atoms with Gasteiger partial charge in [0.15, 0.2) is 0 Å². The summed E-state index contributed by atoms with van der Waals surface area (Å²) < 4.78 is 9.58. The minimum absolute atomic E-state index is 0.594. The van der Waals surface area contributed by atoms with Gasteiger partial charge in [0, 0.05) is 60.0 Å². The Labute approximate surface area is 378 Å². The first-order valence-electron chi connectivity index (χ1n) is 22.3. The maximum atomic E-state index is 10.3. The largest absolute Gasteiger partial charge is 0.307 e. The lowest BCUT2D eigenvalue weighted by Crippen LogP contribution is -2.05. The number of aromatic nitrogens is 5. The van der Waals surface area contributed by atoms with E-state index in [4.69, 9.17) is 4.98 Å². The second kappa shape index (κ2) is 13.9. The highest BCUT2D eigenvalue weighted by molar-refractivity contribution is 6.25. The molecule has 5 aromatic heterocycles. The molecule has 6 heteroatoms. The highest BCUT2D eigenvalue weighted by atomic mass is 15.1. The van der Waals surface area contributed by atoms with Crippen LogP contribution in [0.5, 0.6) is 0 Å². The second-order valence-corrected chi connectivity index (χ2v) is 17.0. The summed E-state index contributed by atoms with van der Waals surface area (Å²) in [6.07, 6.45) is 2.05. The van der Waals surface area contributed by atoms with Crippen LogP contribution < -0.4 is 0 Å². The van der Waals surface area contributed by atoms with Crippen LogP contribution in [0.3, 0.4) is 0 Å². The van der Waals surface area contributed by atoms with Crippen LogP contribution in [0.2, 0.25) is 0 Å². The molecular formula is C60H36N6. The summed E-state index contributed by atoms with van der Waals surface area (Å²) in [5.41, 5.74) is 14.4. The van der Waals surface area contributed by atoms with E-state index in [-0.39, 0.29) is 0 Å². The predicted octanol–water partition coefficient (Wildman–Crippen LogP) is 15.0. The van der Waals surface area contributed by atoms with Gasteiger partial charge in [-0.1, -0.05) is 146 Å². The SMILES string of the molecule is N#Cc1cccc(-c2cc(-n3c4ccccc4c4ccc5c6ccccc6n(-c6ccccc6)c5c43)ncc2-n2c3ccccc3c3ccc4c5ccccc5n(-c5ccccc5)c4c32)c1. The molecule has 0 saturated heterocycles. The summed E-state index contributed by atoms with van der Waals surface area (Å²) in [5, 5.41) is 19.6. The van der Waals surface area contributed by atoms with Gasteiger partial charge in [0.05, 0.1) is 67.7 Å². The van der Waals surface area contributed by atoms with Gasteiger partial charge in [-0.25, -0.2) is 4.98 Å². The molecule has 0 aliphatic heterocycles. The Balaban J connectivity index is 1.15. The van der Waals surface area contributed by atoms with E-state index in [1.54, 1.807) is 0 Å². The number of fused-ring (bicyclic) bond motifs is 14. The molecule has 0 saturated carbocycles. The molecule has 9 aromatic carbocycles. The van der Waals surface area contributed by atoms with Crippen LogP contribution in [-0.2, 0) is 0 Å². The lowest BCUT2D eigenvalue weighted by atomic mass is 10.0. The van der Waals surface area contributed by atoms with E-state index >= 15 is 0 Å². The number of nitrogens with zero attached hydrogens (tertiary/aromatic N) is 6. The Morgan fingerprint density at radius 2 is 0.758 bits per heavy atom. The summed E-state index contributed by atoms with van der Waals surface area (Å²) in [6, 6.07) is 77.8. The summed E-state index contributed by atoms with van der Waals surface area (Å²) in [4.78, 5) is 5.55. The number of benzene rings is 9. The number of para-hydroxylation sites is 6. The fraction of sp³-hybridized carbons (Fsp3) is 0. The summed E-state index contributed by atoms with van der Waals surface area (Å²) in [5.74, 6) is 0.781. The topological polar surface area (TPSA) is 56.4 Å². The minimum Gasteiger partial charge on any atom is -0.307 e. The van der Waals surface area contributed by atoms with Gasteiger partial charge in [0.1, 0.15) is 5.82 Å². The van der Waals surface area contributed by atoms with Crippen LogP contribution in [0, 0.1) is 11.3 Å². The van der Waals surface area contributed by atoms with Crippen molar-refractivity contribution in [3.8, 4) is 40.1 Å². The zero-order valence-corrected chi connectivity index (χ0v) is 35.5. The maximum absolute atomic E-state index is 10.3. The normalized spacial score (nSPS) is 11.9. The van der Waals surface area contributed by atoms with E-state index in [1.807, 2.05) is 18.2 Å². The Morgan fingerprint density at radius 1 is 0.348 bits per heavy atom. The molecule has 0 aliphatic carbocycles. The summed E-state index contributed by atoms with van der Waals surface area (Å²) in [6.45, 7) is 0. The molecule has 0 amide bonds. The smallest absolute Gasteiger partial charge is 0.138 e. The van der Waals surface area contributed by atoms with Crippen molar-refractivity contribution >= 4 is 87.2 Å². The fourth-order valence-corrected chi connectivity index (χ4v) is 10.9. The van der Waals surface area contributed by atoms with Gasteiger partial charge < -0.3 is 13.7 Å². The summed E-state index contributed by atoms with van der Waals surface area (Å²) >= 11 is 0. The van der Waals surface area contributed by atoms with E-state index in [2.05, 4.69) is 225 Å². The Hall–Kier alpha value is -9.18. The Morgan fingerprint density at radius 3 is 1.24 bits per heavy atom. The molecule has 14 rings (SSSR count). The van der Waals surface area contributed by atoms with Crippen molar-refractivity contribution in [2.45, 2.75) is 0 Å². The first-order chi connectivity index (χ1) is 32.7. The molecule has 0 bridgehead atoms. The molecule has 0 fully saturated rings. The third kappa shape index (κ3) is 5.02. The van der Waals surface area contributed by atoms with Gasteiger partial charge in [-0.15, -0.1) is 0 Å². The quantitative estimate of drug-likeness (QED) is 0.173. The molecule has 0 unspecified atom stereocenters. The van der Waals surface area contributed by atoms with Gasteiger partial charge in [-0.2, -0.15) is 5.26 Å². The molecule has 0 N–H and O–H groups in total. The molecule has 6 nitrogen and oxygen atoms in total. The number of pyridine rings is 1. The van der Waals surface area contributed by atoms with E-state index in [0.717, 1.165) is 99.7 Å². The highest BCUT2D eigenvalue weighted by Gasteiger charge is 2.26.